The molecule has 3 aromatic rings. The van der Waals surface area contributed by atoms with Gasteiger partial charge in [0.1, 0.15) is 5.75 Å². The summed E-state index contributed by atoms with van der Waals surface area (Å²) >= 11 is 0. The van der Waals surface area contributed by atoms with Gasteiger partial charge in [0.2, 0.25) is 0 Å². The van der Waals surface area contributed by atoms with Crippen LogP contribution in [-0.4, -0.2) is 74.8 Å². The molecule has 1 atom stereocenters. The van der Waals surface area contributed by atoms with Crippen molar-refractivity contribution in [3.63, 3.8) is 0 Å². The number of aryl methyl sites for hydroxylation is 2. The molecule has 1 aliphatic heterocycles. The third-order valence-corrected chi connectivity index (χ3v) is 8.06. The molecule has 2 fully saturated rings. The lowest BCUT2D eigenvalue weighted by molar-refractivity contribution is 0.0776. The number of fused-ring (bicyclic) bond motifs is 3. The van der Waals surface area contributed by atoms with Crippen molar-refractivity contribution in [3.05, 3.63) is 53.0 Å². The van der Waals surface area contributed by atoms with Crippen molar-refractivity contribution in [1.82, 2.24) is 29.5 Å². The maximum Gasteiger partial charge on any atom is 0.257 e. The minimum atomic E-state index is 0.0887. The second-order valence-corrected chi connectivity index (χ2v) is 10.1. The fourth-order valence-corrected chi connectivity index (χ4v) is 5.87. The molecule has 2 aliphatic carbocycles. The molecule has 1 aromatic carbocycles. The summed E-state index contributed by atoms with van der Waals surface area (Å²) in [5, 5.41) is 4.67. The molecule has 188 valence electrons. The van der Waals surface area contributed by atoms with Gasteiger partial charge in [-0.3, -0.25) is 9.69 Å². The highest BCUT2D eigenvalue weighted by Crippen LogP contribution is 2.43. The van der Waals surface area contributed by atoms with Crippen LogP contribution in [0.25, 0.3) is 17.2 Å². The normalized spacial score (nSPS) is 18.9. The average Bonchev–Trinajstić information content (AvgIpc) is 3.47. The number of likely N-dealkylation sites (tertiary alicyclic amines) is 1. The SMILES string of the molecule is CCN(CC)C1CCN(C(=O)c2cnn(-c3ncc4c(n3)-c3cc(OC)ccc3CC4)c2C2CC2)C1. The lowest BCUT2D eigenvalue weighted by atomic mass is 9.90. The van der Waals surface area contributed by atoms with E-state index in [-0.39, 0.29) is 5.91 Å². The summed E-state index contributed by atoms with van der Waals surface area (Å²) < 4.78 is 7.29. The Morgan fingerprint density at radius 3 is 2.67 bits per heavy atom. The van der Waals surface area contributed by atoms with E-state index < -0.39 is 0 Å². The number of hydrogen-bond donors (Lipinski definition) is 0. The van der Waals surface area contributed by atoms with Crippen molar-refractivity contribution in [1.29, 1.82) is 0 Å². The number of likely N-dealkylation sites (N-methyl/N-ethyl adjacent to an activating group) is 1. The molecule has 2 aromatic heterocycles. The van der Waals surface area contributed by atoms with Crippen molar-refractivity contribution >= 4 is 5.91 Å². The number of methoxy groups -OCH3 is 1. The number of rotatable bonds is 7. The van der Waals surface area contributed by atoms with Gasteiger partial charge in [-0.15, -0.1) is 0 Å². The fourth-order valence-electron chi connectivity index (χ4n) is 5.87. The number of aromatic nitrogens is 4. The summed E-state index contributed by atoms with van der Waals surface area (Å²) in [5.74, 6) is 1.78. The van der Waals surface area contributed by atoms with Gasteiger partial charge in [0.25, 0.3) is 11.9 Å². The van der Waals surface area contributed by atoms with Gasteiger partial charge < -0.3 is 9.64 Å². The average molecular weight is 487 g/mol. The van der Waals surface area contributed by atoms with Crippen molar-refractivity contribution < 1.29 is 9.53 Å². The Balaban J connectivity index is 1.34. The molecule has 3 aliphatic rings. The van der Waals surface area contributed by atoms with E-state index >= 15 is 0 Å². The summed E-state index contributed by atoms with van der Waals surface area (Å²) in [6.07, 6.45) is 8.70. The van der Waals surface area contributed by atoms with Crippen LogP contribution in [0.5, 0.6) is 5.75 Å². The highest BCUT2D eigenvalue weighted by Gasteiger charge is 2.37. The molecule has 1 amide bonds. The predicted molar refractivity (Wildman–Crippen MR) is 138 cm³/mol. The predicted octanol–water partition coefficient (Wildman–Crippen LogP) is 3.87. The topological polar surface area (TPSA) is 76.4 Å². The zero-order valence-electron chi connectivity index (χ0n) is 21.4. The Bertz CT molecular complexity index is 1290. The molecule has 1 unspecified atom stereocenters. The largest absolute Gasteiger partial charge is 0.497 e. The smallest absolute Gasteiger partial charge is 0.257 e. The maximum atomic E-state index is 13.7. The number of hydrogen-bond acceptors (Lipinski definition) is 6. The Morgan fingerprint density at radius 2 is 1.92 bits per heavy atom. The van der Waals surface area contributed by atoms with Crippen LogP contribution in [-0.2, 0) is 12.8 Å². The summed E-state index contributed by atoms with van der Waals surface area (Å²) in [5.41, 5.74) is 6.11. The molecule has 3 heterocycles. The quantitative estimate of drug-likeness (QED) is 0.505. The van der Waals surface area contributed by atoms with E-state index in [1.807, 2.05) is 21.8 Å². The molecule has 8 heteroatoms. The first-order chi connectivity index (χ1) is 17.6. The zero-order chi connectivity index (χ0) is 24.8. The van der Waals surface area contributed by atoms with Crippen LogP contribution in [0.15, 0.2) is 30.6 Å². The van der Waals surface area contributed by atoms with Gasteiger partial charge in [0, 0.05) is 36.8 Å². The molecule has 36 heavy (non-hydrogen) atoms. The molecule has 8 nitrogen and oxygen atoms in total. The Kier molecular flexibility index (Phi) is 5.99. The van der Waals surface area contributed by atoms with Crippen LogP contribution in [0.4, 0.5) is 0 Å². The number of ether oxygens (including phenoxy) is 1. The van der Waals surface area contributed by atoms with E-state index in [2.05, 4.69) is 36.0 Å². The summed E-state index contributed by atoms with van der Waals surface area (Å²) in [6.45, 7) is 7.98. The molecule has 0 bridgehead atoms. The molecule has 0 spiro atoms. The van der Waals surface area contributed by atoms with Gasteiger partial charge in [0.05, 0.1) is 30.3 Å². The minimum absolute atomic E-state index is 0.0887. The fraction of sp³-hybridized carbons (Fsp3) is 0.500. The van der Waals surface area contributed by atoms with Gasteiger partial charge in [-0.25, -0.2) is 14.6 Å². The Morgan fingerprint density at radius 1 is 1.11 bits per heavy atom. The van der Waals surface area contributed by atoms with E-state index in [9.17, 15) is 4.79 Å². The van der Waals surface area contributed by atoms with Crippen molar-refractivity contribution in [2.75, 3.05) is 33.3 Å². The lowest BCUT2D eigenvalue weighted by Crippen LogP contribution is -2.38. The monoisotopic (exact) mass is 486 g/mol. The van der Waals surface area contributed by atoms with E-state index in [1.54, 1.807) is 13.3 Å². The first-order valence-electron chi connectivity index (χ1n) is 13.3. The molecule has 1 saturated heterocycles. The van der Waals surface area contributed by atoms with Crippen molar-refractivity contribution in [3.8, 4) is 23.0 Å². The number of carbonyl (C=O) groups excluding carboxylic acids is 1. The Hall–Kier alpha value is -3.26. The van der Waals surface area contributed by atoms with Crippen LogP contribution in [0.1, 0.15) is 66.2 Å². The molecule has 0 N–H and O–H groups in total. The van der Waals surface area contributed by atoms with Gasteiger partial charge in [0.15, 0.2) is 0 Å². The van der Waals surface area contributed by atoms with Gasteiger partial charge in [-0.05, 0) is 68.5 Å². The second-order valence-electron chi connectivity index (χ2n) is 10.1. The van der Waals surface area contributed by atoms with Crippen LogP contribution in [0.3, 0.4) is 0 Å². The molecule has 0 radical (unpaired) electrons. The number of nitrogens with zero attached hydrogens (tertiary/aromatic N) is 6. The van der Waals surface area contributed by atoms with E-state index in [1.165, 1.54) is 5.56 Å². The minimum Gasteiger partial charge on any atom is -0.497 e. The third kappa shape index (κ3) is 3.97. The third-order valence-electron chi connectivity index (χ3n) is 8.06. The number of amides is 1. The van der Waals surface area contributed by atoms with Crippen molar-refractivity contribution in [2.24, 2.45) is 0 Å². The van der Waals surface area contributed by atoms with Crippen LogP contribution in [0.2, 0.25) is 0 Å². The second kappa shape index (κ2) is 9.32. The van der Waals surface area contributed by atoms with Gasteiger partial charge >= 0.3 is 0 Å². The van der Waals surface area contributed by atoms with Crippen LogP contribution < -0.4 is 4.74 Å². The first-order valence-corrected chi connectivity index (χ1v) is 13.3. The van der Waals surface area contributed by atoms with Gasteiger partial charge in [-0.2, -0.15) is 5.10 Å². The first kappa shape index (κ1) is 23.2. The van der Waals surface area contributed by atoms with Crippen LogP contribution >= 0.6 is 0 Å². The number of benzene rings is 1. The lowest BCUT2D eigenvalue weighted by Gasteiger charge is -2.26. The van der Waals surface area contributed by atoms with Crippen LogP contribution in [0, 0.1) is 0 Å². The number of carbonyl (C=O) groups is 1. The van der Waals surface area contributed by atoms with E-state index in [4.69, 9.17) is 14.7 Å². The van der Waals surface area contributed by atoms with E-state index in [0.29, 0.717) is 23.5 Å². The van der Waals surface area contributed by atoms with E-state index in [0.717, 1.165) is 86.5 Å². The molecule has 1 saturated carbocycles. The highest BCUT2D eigenvalue weighted by atomic mass is 16.5. The highest BCUT2D eigenvalue weighted by molar-refractivity contribution is 5.95. The maximum absolute atomic E-state index is 13.7. The zero-order valence-corrected chi connectivity index (χ0v) is 21.4. The van der Waals surface area contributed by atoms with Gasteiger partial charge in [-0.1, -0.05) is 19.9 Å². The van der Waals surface area contributed by atoms with Crippen molar-refractivity contribution in [2.45, 2.75) is 57.9 Å². The summed E-state index contributed by atoms with van der Waals surface area (Å²) in [6, 6.07) is 6.63. The summed E-state index contributed by atoms with van der Waals surface area (Å²) in [4.78, 5) is 27.8. The Labute approximate surface area is 212 Å². The standard InChI is InChI=1S/C28H34N6O2/c1-4-32(5-2)21-12-13-33(17-21)27(35)24-16-30-34(26(24)19-7-8-19)28-29-15-20-9-6-18-10-11-22(36-3)14-23(18)25(20)31-28/h10-11,14-16,19,21H,4-9,12-13,17H2,1-3H3. The molecule has 6 rings (SSSR count). The molecular weight excluding hydrogens is 452 g/mol. The molecular formula is C28H34N6O2. The summed E-state index contributed by atoms with van der Waals surface area (Å²) in [7, 11) is 1.69.